The molecule has 2 aliphatic rings. The highest BCUT2D eigenvalue weighted by molar-refractivity contribution is 8.26. The third-order valence-corrected chi connectivity index (χ3v) is 4.99. The van der Waals surface area contributed by atoms with E-state index in [-0.39, 0.29) is 17.4 Å². The lowest BCUT2D eigenvalue weighted by Gasteiger charge is -2.13. The Morgan fingerprint density at radius 1 is 1.30 bits per heavy atom. The van der Waals surface area contributed by atoms with Gasteiger partial charge in [-0.25, -0.2) is 4.79 Å². The van der Waals surface area contributed by atoms with Crippen LogP contribution in [0.25, 0.3) is 5.57 Å². The Balaban J connectivity index is 1.79. The van der Waals surface area contributed by atoms with E-state index in [2.05, 4.69) is 12.2 Å². The summed E-state index contributed by atoms with van der Waals surface area (Å²) in [6.07, 6.45) is 5.84. The Morgan fingerprint density at radius 2 is 2.00 bits per heavy atom. The molecule has 0 spiro atoms. The molecule has 1 atom stereocenters. The molecule has 6 heteroatoms. The zero-order valence-electron chi connectivity index (χ0n) is 12.2. The highest BCUT2D eigenvalue weighted by Gasteiger charge is 2.25. The molecule has 1 heterocycles. The van der Waals surface area contributed by atoms with Crippen molar-refractivity contribution in [2.45, 2.75) is 6.92 Å². The van der Waals surface area contributed by atoms with Crippen LogP contribution in [0.2, 0.25) is 0 Å². The van der Waals surface area contributed by atoms with Crippen LogP contribution in [-0.2, 0) is 4.79 Å². The molecule has 1 aromatic carbocycles. The average molecular weight is 343 g/mol. The van der Waals surface area contributed by atoms with Gasteiger partial charge in [-0.1, -0.05) is 55.2 Å². The minimum atomic E-state index is -0.936. The molecular formula is C17H13NO3S2. The highest BCUT2D eigenvalue weighted by atomic mass is 32.2. The summed E-state index contributed by atoms with van der Waals surface area (Å²) < 4.78 is 0.477. The van der Waals surface area contributed by atoms with Crippen LogP contribution in [0.4, 0.5) is 0 Å². The number of thioether (sulfide) groups is 1. The third kappa shape index (κ3) is 3.13. The molecular weight excluding hydrogens is 330 g/mol. The molecule has 4 nitrogen and oxygen atoms in total. The van der Waals surface area contributed by atoms with Crippen LogP contribution in [0.15, 0.2) is 53.0 Å². The number of carbonyl (C=O) groups excluding carboxylic acids is 1. The van der Waals surface area contributed by atoms with Crippen molar-refractivity contribution < 1.29 is 14.7 Å². The number of rotatable bonds is 3. The SMILES string of the molecule is CC1C(C=C2SC(=S)NC2=O)=CC=C1c1ccc(C(=O)O)cc1. The minimum absolute atomic E-state index is 0.126. The molecule has 1 aliphatic heterocycles. The summed E-state index contributed by atoms with van der Waals surface area (Å²) >= 11 is 6.25. The standard InChI is InChI=1S/C17H13NO3S2/c1-9-12(8-14-15(19)18-17(22)23-14)6-7-13(9)10-2-4-11(5-3-10)16(20)21/h2-9H,1H3,(H,20,21)(H,18,19,22). The number of carboxylic acids is 1. The van der Waals surface area contributed by atoms with Gasteiger partial charge in [0.1, 0.15) is 4.32 Å². The van der Waals surface area contributed by atoms with Crippen molar-refractivity contribution in [3.05, 3.63) is 64.1 Å². The first-order chi connectivity index (χ1) is 11.0. The van der Waals surface area contributed by atoms with Gasteiger partial charge in [-0.15, -0.1) is 0 Å². The first kappa shape index (κ1) is 15.7. The smallest absolute Gasteiger partial charge is 0.335 e. The Bertz CT molecular complexity index is 804. The summed E-state index contributed by atoms with van der Waals surface area (Å²) in [5.74, 6) is -0.970. The fourth-order valence-corrected chi connectivity index (χ4v) is 3.60. The maximum absolute atomic E-state index is 11.7. The van der Waals surface area contributed by atoms with E-state index in [4.69, 9.17) is 17.3 Å². The number of nitrogens with one attached hydrogen (secondary N) is 1. The molecule has 1 saturated heterocycles. The predicted octanol–water partition coefficient (Wildman–Crippen LogP) is 3.38. The third-order valence-electron chi connectivity index (χ3n) is 3.83. The number of hydrogen-bond donors (Lipinski definition) is 2. The molecule has 0 aromatic heterocycles. The molecule has 1 fully saturated rings. The van der Waals surface area contributed by atoms with Gasteiger partial charge in [0.2, 0.25) is 0 Å². The van der Waals surface area contributed by atoms with Gasteiger partial charge in [0.05, 0.1) is 10.5 Å². The lowest BCUT2D eigenvalue weighted by atomic mass is 9.92. The van der Waals surface area contributed by atoms with Gasteiger partial charge >= 0.3 is 5.97 Å². The predicted molar refractivity (Wildman–Crippen MR) is 95.0 cm³/mol. The number of aromatic carboxylic acids is 1. The molecule has 116 valence electrons. The molecule has 0 bridgehead atoms. The van der Waals surface area contributed by atoms with Crippen LogP contribution in [0.5, 0.6) is 0 Å². The van der Waals surface area contributed by atoms with Crippen LogP contribution in [0.1, 0.15) is 22.8 Å². The number of amides is 1. The van der Waals surface area contributed by atoms with Crippen LogP contribution >= 0.6 is 24.0 Å². The normalized spacial score (nSPS) is 22.1. The Labute approximate surface area is 143 Å². The second-order valence-corrected chi connectivity index (χ2v) is 6.96. The van der Waals surface area contributed by atoms with Gasteiger partial charge in [0.15, 0.2) is 0 Å². The van der Waals surface area contributed by atoms with Crippen molar-refractivity contribution in [1.29, 1.82) is 0 Å². The van der Waals surface area contributed by atoms with E-state index in [9.17, 15) is 9.59 Å². The number of carbonyl (C=O) groups is 2. The number of allylic oxidation sites excluding steroid dienone is 5. The summed E-state index contributed by atoms with van der Waals surface area (Å²) in [6.45, 7) is 2.06. The van der Waals surface area contributed by atoms with E-state index in [0.717, 1.165) is 16.7 Å². The Hall–Kier alpha value is -2.18. The lowest BCUT2D eigenvalue weighted by Crippen LogP contribution is -2.17. The summed E-state index contributed by atoms with van der Waals surface area (Å²) in [4.78, 5) is 23.3. The maximum Gasteiger partial charge on any atom is 0.335 e. The van der Waals surface area contributed by atoms with Crippen molar-refractivity contribution in [3.63, 3.8) is 0 Å². The van der Waals surface area contributed by atoms with Crippen LogP contribution in [-0.4, -0.2) is 21.3 Å². The van der Waals surface area contributed by atoms with Gasteiger partial charge < -0.3 is 10.4 Å². The summed E-state index contributed by atoms with van der Waals surface area (Å²) in [5.41, 5.74) is 3.37. The number of benzene rings is 1. The van der Waals surface area contributed by atoms with E-state index < -0.39 is 5.97 Å². The average Bonchev–Trinajstić information content (AvgIpc) is 3.03. The fraction of sp³-hybridized carbons (Fsp3) is 0.118. The van der Waals surface area contributed by atoms with Gasteiger partial charge in [0, 0.05) is 5.92 Å². The van der Waals surface area contributed by atoms with Crippen LogP contribution < -0.4 is 5.32 Å². The van der Waals surface area contributed by atoms with Crippen LogP contribution in [0.3, 0.4) is 0 Å². The number of thiocarbonyl (C=S) groups is 1. The van der Waals surface area contributed by atoms with Gasteiger partial charge in [-0.05, 0) is 34.9 Å². The Kier molecular flexibility index (Phi) is 4.19. The summed E-state index contributed by atoms with van der Waals surface area (Å²) in [5, 5.41) is 11.6. The second kappa shape index (κ2) is 6.14. The van der Waals surface area contributed by atoms with E-state index in [1.165, 1.54) is 11.8 Å². The largest absolute Gasteiger partial charge is 0.478 e. The minimum Gasteiger partial charge on any atom is -0.478 e. The summed E-state index contributed by atoms with van der Waals surface area (Å²) in [7, 11) is 0. The molecule has 0 radical (unpaired) electrons. The van der Waals surface area contributed by atoms with E-state index in [1.54, 1.807) is 12.1 Å². The molecule has 1 amide bonds. The van der Waals surface area contributed by atoms with Crippen molar-refractivity contribution in [1.82, 2.24) is 5.32 Å². The number of hydrogen-bond acceptors (Lipinski definition) is 4. The van der Waals surface area contributed by atoms with E-state index in [0.29, 0.717) is 9.23 Å². The molecule has 1 aliphatic carbocycles. The monoisotopic (exact) mass is 343 g/mol. The van der Waals surface area contributed by atoms with E-state index in [1.807, 2.05) is 30.4 Å². The molecule has 3 rings (SSSR count). The molecule has 1 unspecified atom stereocenters. The first-order valence-electron chi connectivity index (χ1n) is 6.96. The van der Waals surface area contributed by atoms with E-state index >= 15 is 0 Å². The fourth-order valence-electron chi connectivity index (χ4n) is 2.55. The van der Waals surface area contributed by atoms with Crippen molar-refractivity contribution >= 4 is 45.7 Å². The van der Waals surface area contributed by atoms with Crippen LogP contribution in [0, 0.1) is 5.92 Å². The lowest BCUT2D eigenvalue weighted by molar-refractivity contribution is -0.115. The maximum atomic E-state index is 11.7. The quantitative estimate of drug-likeness (QED) is 0.651. The van der Waals surface area contributed by atoms with Gasteiger partial charge in [-0.3, -0.25) is 4.79 Å². The highest BCUT2D eigenvalue weighted by Crippen LogP contribution is 2.37. The zero-order chi connectivity index (χ0) is 16.6. The molecule has 2 N–H and O–H groups in total. The van der Waals surface area contributed by atoms with Gasteiger partial charge in [-0.2, -0.15) is 0 Å². The number of carboxylic acid groups (broad SMARTS) is 1. The Morgan fingerprint density at radius 3 is 2.57 bits per heavy atom. The zero-order valence-corrected chi connectivity index (χ0v) is 13.8. The molecule has 1 aromatic rings. The molecule has 0 saturated carbocycles. The van der Waals surface area contributed by atoms with Crippen molar-refractivity contribution in [3.8, 4) is 0 Å². The van der Waals surface area contributed by atoms with Crippen molar-refractivity contribution in [2.75, 3.05) is 0 Å². The second-order valence-electron chi connectivity index (χ2n) is 5.25. The first-order valence-corrected chi connectivity index (χ1v) is 8.18. The topological polar surface area (TPSA) is 66.4 Å². The summed E-state index contributed by atoms with van der Waals surface area (Å²) in [6, 6.07) is 6.81. The molecule has 23 heavy (non-hydrogen) atoms. The van der Waals surface area contributed by atoms with Gasteiger partial charge in [0.25, 0.3) is 5.91 Å². The van der Waals surface area contributed by atoms with Crippen molar-refractivity contribution in [2.24, 2.45) is 5.92 Å².